The maximum atomic E-state index is 13.6. The van der Waals surface area contributed by atoms with Crippen LogP contribution in [0.2, 0.25) is 0 Å². The van der Waals surface area contributed by atoms with Gasteiger partial charge in [-0.25, -0.2) is 13.6 Å². The Morgan fingerprint density at radius 1 is 1.12 bits per heavy atom. The predicted octanol–water partition coefficient (Wildman–Crippen LogP) is 3.91. The van der Waals surface area contributed by atoms with E-state index in [1.165, 1.54) is 17.4 Å². The standard InChI is InChI=1S/C17H17F2N3O2S/c18-12-3-4-14(13(19)10-12)20-16(23)11-5-7-22(8-6-11)17(24)21-15-2-1-9-25-15/h1-4,9-11H,5-8H2,(H,20,23)(H,21,24). The van der Waals surface area contributed by atoms with Gasteiger partial charge in [-0.3, -0.25) is 10.1 Å². The summed E-state index contributed by atoms with van der Waals surface area (Å²) in [6.45, 7) is 0.891. The molecule has 1 fully saturated rings. The van der Waals surface area contributed by atoms with Gasteiger partial charge in [0.15, 0.2) is 0 Å². The van der Waals surface area contributed by atoms with E-state index >= 15 is 0 Å². The van der Waals surface area contributed by atoms with Crippen LogP contribution in [0.15, 0.2) is 35.7 Å². The van der Waals surface area contributed by atoms with Gasteiger partial charge < -0.3 is 10.2 Å². The van der Waals surface area contributed by atoms with Gasteiger partial charge in [0.2, 0.25) is 5.91 Å². The van der Waals surface area contributed by atoms with Gasteiger partial charge in [-0.05, 0) is 42.5 Å². The van der Waals surface area contributed by atoms with Gasteiger partial charge in [-0.15, -0.1) is 11.3 Å². The summed E-state index contributed by atoms with van der Waals surface area (Å²) in [7, 11) is 0. The number of carbonyl (C=O) groups excluding carboxylic acids is 2. The zero-order chi connectivity index (χ0) is 17.8. The van der Waals surface area contributed by atoms with Gasteiger partial charge in [0.05, 0.1) is 10.7 Å². The highest BCUT2D eigenvalue weighted by molar-refractivity contribution is 7.14. The molecule has 3 amide bonds. The van der Waals surface area contributed by atoms with Crippen LogP contribution >= 0.6 is 11.3 Å². The predicted molar refractivity (Wildman–Crippen MR) is 92.6 cm³/mol. The number of nitrogens with one attached hydrogen (secondary N) is 2. The number of amides is 3. The number of benzene rings is 1. The quantitative estimate of drug-likeness (QED) is 0.866. The van der Waals surface area contributed by atoms with E-state index in [0.717, 1.165) is 17.1 Å². The molecule has 0 unspecified atom stereocenters. The number of halogens is 2. The van der Waals surface area contributed by atoms with Crippen LogP contribution in [0.1, 0.15) is 12.8 Å². The highest BCUT2D eigenvalue weighted by Gasteiger charge is 2.28. The van der Waals surface area contributed by atoms with Gasteiger partial charge in [0, 0.05) is 25.1 Å². The number of anilines is 2. The summed E-state index contributed by atoms with van der Waals surface area (Å²) in [4.78, 5) is 26.0. The topological polar surface area (TPSA) is 61.4 Å². The average Bonchev–Trinajstić information content (AvgIpc) is 3.10. The third kappa shape index (κ3) is 4.33. The lowest BCUT2D eigenvalue weighted by molar-refractivity contribution is -0.121. The molecule has 0 saturated carbocycles. The van der Waals surface area contributed by atoms with Crippen LogP contribution in [0.3, 0.4) is 0 Å². The molecular weight excluding hydrogens is 348 g/mol. The Morgan fingerprint density at radius 3 is 2.52 bits per heavy atom. The van der Waals surface area contributed by atoms with E-state index in [9.17, 15) is 18.4 Å². The minimum absolute atomic E-state index is 0.0377. The van der Waals surface area contributed by atoms with E-state index < -0.39 is 11.6 Å². The smallest absolute Gasteiger partial charge is 0.322 e. The van der Waals surface area contributed by atoms with Crippen molar-refractivity contribution in [1.29, 1.82) is 0 Å². The summed E-state index contributed by atoms with van der Waals surface area (Å²) in [5, 5.41) is 7.95. The van der Waals surface area contributed by atoms with Crippen molar-refractivity contribution in [2.45, 2.75) is 12.8 Å². The summed E-state index contributed by atoms with van der Waals surface area (Å²) in [6, 6.07) is 6.51. The Kier molecular flexibility index (Phi) is 5.28. The van der Waals surface area contributed by atoms with Crippen LogP contribution < -0.4 is 10.6 Å². The molecule has 1 aromatic carbocycles. The fourth-order valence-electron chi connectivity index (χ4n) is 2.70. The summed E-state index contributed by atoms with van der Waals surface area (Å²) < 4.78 is 26.5. The van der Waals surface area contributed by atoms with Crippen molar-refractivity contribution in [2.75, 3.05) is 23.7 Å². The first-order valence-corrected chi connectivity index (χ1v) is 8.76. The van der Waals surface area contributed by atoms with Crippen LogP contribution in [0.25, 0.3) is 0 Å². The first-order chi connectivity index (χ1) is 12.0. The summed E-state index contributed by atoms with van der Waals surface area (Å²) in [5.74, 6) is -2.12. The van der Waals surface area contributed by atoms with Crippen LogP contribution in [-0.4, -0.2) is 29.9 Å². The van der Waals surface area contributed by atoms with Crippen molar-refractivity contribution in [2.24, 2.45) is 5.92 Å². The van der Waals surface area contributed by atoms with Crippen LogP contribution in [0, 0.1) is 17.6 Å². The maximum absolute atomic E-state index is 13.6. The van der Waals surface area contributed by atoms with Crippen molar-refractivity contribution in [3.05, 3.63) is 47.3 Å². The number of piperidine rings is 1. The Morgan fingerprint density at radius 2 is 1.88 bits per heavy atom. The Labute approximate surface area is 147 Å². The molecule has 5 nitrogen and oxygen atoms in total. The molecule has 25 heavy (non-hydrogen) atoms. The Bertz CT molecular complexity index is 759. The molecule has 0 spiro atoms. The molecule has 2 aromatic rings. The SMILES string of the molecule is O=C(Nc1ccc(F)cc1F)C1CCN(C(=O)Nc2cccs2)CC1. The molecule has 1 aliphatic heterocycles. The maximum Gasteiger partial charge on any atom is 0.322 e. The number of carbonyl (C=O) groups is 2. The Hall–Kier alpha value is -2.48. The third-order valence-corrected chi connectivity index (χ3v) is 4.88. The summed E-state index contributed by atoms with van der Waals surface area (Å²) in [6.07, 6.45) is 0.985. The summed E-state index contributed by atoms with van der Waals surface area (Å²) >= 11 is 1.44. The van der Waals surface area contributed by atoms with Crippen molar-refractivity contribution >= 4 is 34.0 Å². The molecule has 2 heterocycles. The van der Waals surface area contributed by atoms with E-state index in [-0.39, 0.29) is 23.5 Å². The lowest BCUT2D eigenvalue weighted by Gasteiger charge is -2.31. The number of hydrogen-bond donors (Lipinski definition) is 2. The monoisotopic (exact) mass is 365 g/mol. The summed E-state index contributed by atoms with van der Waals surface area (Å²) in [5.41, 5.74) is -0.0377. The Balaban J connectivity index is 1.51. The molecule has 0 aliphatic carbocycles. The molecule has 1 saturated heterocycles. The van der Waals surface area contributed by atoms with E-state index in [1.807, 2.05) is 17.5 Å². The second-order valence-corrected chi connectivity index (χ2v) is 6.73. The zero-order valence-electron chi connectivity index (χ0n) is 13.3. The molecule has 0 radical (unpaired) electrons. The van der Waals surface area contributed by atoms with Crippen molar-refractivity contribution < 1.29 is 18.4 Å². The molecule has 0 atom stereocenters. The molecule has 1 aromatic heterocycles. The molecular formula is C17H17F2N3O2S. The molecule has 2 N–H and O–H groups in total. The third-order valence-electron chi connectivity index (χ3n) is 4.09. The lowest BCUT2D eigenvalue weighted by atomic mass is 9.96. The molecule has 0 bridgehead atoms. The average molecular weight is 365 g/mol. The molecule has 8 heteroatoms. The lowest BCUT2D eigenvalue weighted by Crippen LogP contribution is -2.43. The van der Waals surface area contributed by atoms with Crippen LogP contribution in [-0.2, 0) is 4.79 Å². The van der Waals surface area contributed by atoms with Gasteiger partial charge in [-0.2, -0.15) is 0 Å². The number of nitrogens with zero attached hydrogens (tertiary/aromatic N) is 1. The van der Waals surface area contributed by atoms with E-state index in [4.69, 9.17) is 0 Å². The minimum Gasteiger partial charge on any atom is -0.324 e. The number of rotatable bonds is 3. The van der Waals surface area contributed by atoms with E-state index in [2.05, 4.69) is 10.6 Å². The van der Waals surface area contributed by atoms with Crippen molar-refractivity contribution in [3.8, 4) is 0 Å². The van der Waals surface area contributed by atoms with Gasteiger partial charge in [-0.1, -0.05) is 0 Å². The first kappa shape index (κ1) is 17.3. The fourth-order valence-corrected chi connectivity index (χ4v) is 3.31. The zero-order valence-corrected chi connectivity index (χ0v) is 14.1. The largest absolute Gasteiger partial charge is 0.324 e. The van der Waals surface area contributed by atoms with Gasteiger partial charge >= 0.3 is 6.03 Å². The van der Waals surface area contributed by atoms with Crippen molar-refractivity contribution in [1.82, 2.24) is 4.90 Å². The van der Waals surface area contributed by atoms with Crippen LogP contribution in [0.4, 0.5) is 24.3 Å². The van der Waals surface area contributed by atoms with Gasteiger partial charge in [0.1, 0.15) is 11.6 Å². The number of thiophene rings is 1. The number of hydrogen-bond acceptors (Lipinski definition) is 3. The minimum atomic E-state index is -0.805. The fraction of sp³-hybridized carbons (Fsp3) is 0.294. The van der Waals surface area contributed by atoms with E-state index in [1.54, 1.807) is 4.90 Å². The van der Waals surface area contributed by atoms with Crippen molar-refractivity contribution in [3.63, 3.8) is 0 Å². The first-order valence-electron chi connectivity index (χ1n) is 7.88. The molecule has 3 rings (SSSR count). The molecule has 1 aliphatic rings. The highest BCUT2D eigenvalue weighted by atomic mass is 32.1. The second-order valence-electron chi connectivity index (χ2n) is 5.78. The molecule has 132 valence electrons. The normalized spacial score (nSPS) is 15.0. The number of likely N-dealkylation sites (tertiary alicyclic amines) is 1. The highest BCUT2D eigenvalue weighted by Crippen LogP contribution is 2.22. The second kappa shape index (κ2) is 7.60. The van der Waals surface area contributed by atoms with Crippen LogP contribution in [0.5, 0.6) is 0 Å². The van der Waals surface area contributed by atoms with E-state index in [0.29, 0.717) is 25.9 Å². The van der Waals surface area contributed by atoms with Gasteiger partial charge in [0.25, 0.3) is 0 Å². The number of urea groups is 1.